The number of rotatable bonds is 3. The van der Waals surface area contributed by atoms with Crippen molar-refractivity contribution >= 4 is 17.5 Å². The SMILES string of the molecule is C=C(Sc1ccc(F)cc1)C(C)=O. The standard InChI is InChI=1S/C10H9FOS/c1-7(12)8(2)13-10-5-3-9(11)4-6-10/h3-6H,2H2,1H3. The van der Waals surface area contributed by atoms with Gasteiger partial charge in [-0.3, -0.25) is 4.79 Å². The van der Waals surface area contributed by atoms with Crippen LogP contribution < -0.4 is 0 Å². The molecule has 0 aromatic heterocycles. The van der Waals surface area contributed by atoms with Crippen molar-refractivity contribution in [1.82, 2.24) is 0 Å². The van der Waals surface area contributed by atoms with Gasteiger partial charge in [0, 0.05) is 9.80 Å². The van der Waals surface area contributed by atoms with Gasteiger partial charge in [-0.2, -0.15) is 0 Å². The maximum Gasteiger partial charge on any atom is 0.165 e. The van der Waals surface area contributed by atoms with Gasteiger partial charge in [0.15, 0.2) is 5.78 Å². The largest absolute Gasteiger partial charge is 0.294 e. The maximum atomic E-state index is 12.5. The molecule has 0 saturated carbocycles. The first-order valence-electron chi connectivity index (χ1n) is 3.73. The Kier molecular flexibility index (Phi) is 3.25. The van der Waals surface area contributed by atoms with Crippen LogP contribution in [-0.4, -0.2) is 5.78 Å². The molecule has 0 fully saturated rings. The zero-order chi connectivity index (χ0) is 9.84. The fraction of sp³-hybridized carbons (Fsp3) is 0.100. The van der Waals surface area contributed by atoms with Gasteiger partial charge >= 0.3 is 0 Å². The van der Waals surface area contributed by atoms with Crippen molar-refractivity contribution in [3.63, 3.8) is 0 Å². The molecule has 0 radical (unpaired) electrons. The Labute approximate surface area is 80.7 Å². The second-order valence-electron chi connectivity index (χ2n) is 2.54. The maximum absolute atomic E-state index is 12.5. The van der Waals surface area contributed by atoms with Gasteiger partial charge in [-0.05, 0) is 31.2 Å². The van der Waals surface area contributed by atoms with Crippen molar-refractivity contribution in [1.29, 1.82) is 0 Å². The van der Waals surface area contributed by atoms with E-state index in [0.717, 1.165) is 4.90 Å². The van der Waals surface area contributed by atoms with E-state index in [1.807, 2.05) is 0 Å². The molecule has 3 heteroatoms. The number of hydrogen-bond donors (Lipinski definition) is 0. The summed E-state index contributed by atoms with van der Waals surface area (Å²) in [7, 11) is 0. The number of thioether (sulfide) groups is 1. The van der Waals surface area contributed by atoms with Gasteiger partial charge in [-0.15, -0.1) is 0 Å². The number of halogens is 1. The minimum atomic E-state index is -0.280. The second-order valence-corrected chi connectivity index (χ2v) is 3.70. The van der Waals surface area contributed by atoms with Crippen LogP contribution in [0.4, 0.5) is 4.39 Å². The van der Waals surface area contributed by atoms with Gasteiger partial charge in [0.1, 0.15) is 5.82 Å². The number of benzene rings is 1. The van der Waals surface area contributed by atoms with E-state index in [9.17, 15) is 9.18 Å². The van der Waals surface area contributed by atoms with Crippen LogP contribution in [0.25, 0.3) is 0 Å². The summed E-state index contributed by atoms with van der Waals surface area (Å²) in [6.45, 7) is 5.05. The molecule has 1 rings (SSSR count). The number of carbonyl (C=O) groups excluding carboxylic acids is 1. The average molecular weight is 196 g/mol. The van der Waals surface area contributed by atoms with Crippen molar-refractivity contribution < 1.29 is 9.18 Å². The summed E-state index contributed by atoms with van der Waals surface area (Å²) in [5.74, 6) is -0.341. The van der Waals surface area contributed by atoms with Gasteiger partial charge in [-0.1, -0.05) is 18.3 Å². The summed E-state index contributed by atoms with van der Waals surface area (Å²) >= 11 is 1.25. The lowest BCUT2D eigenvalue weighted by Gasteiger charge is -2.00. The zero-order valence-corrected chi connectivity index (χ0v) is 8.03. The van der Waals surface area contributed by atoms with Gasteiger partial charge in [0.05, 0.1) is 0 Å². The molecule has 1 nitrogen and oxygen atoms in total. The Morgan fingerprint density at radius 1 is 1.38 bits per heavy atom. The van der Waals surface area contributed by atoms with Crippen molar-refractivity contribution in [2.45, 2.75) is 11.8 Å². The van der Waals surface area contributed by atoms with Crippen molar-refractivity contribution in [2.24, 2.45) is 0 Å². The van der Waals surface area contributed by atoms with Crippen LogP contribution in [0.3, 0.4) is 0 Å². The molecule has 1 aromatic carbocycles. The van der Waals surface area contributed by atoms with Crippen LogP contribution in [-0.2, 0) is 4.79 Å². The molecule has 0 bridgehead atoms. The highest BCUT2D eigenvalue weighted by molar-refractivity contribution is 8.04. The van der Waals surface area contributed by atoms with E-state index in [2.05, 4.69) is 6.58 Å². The monoisotopic (exact) mass is 196 g/mol. The number of ketones is 1. The first-order valence-corrected chi connectivity index (χ1v) is 4.54. The molecule has 0 amide bonds. The Hall–Kier alpha value is -1.09. The Balaban J connectivity index is 2.70. The summed E-state index contributed by atoms with van der Waals surface area (Å²) in [6.07, 6.45) is 0. The second kappa shape index (κ2) is 4.23. The molecule has 0 aliphatic heterocycles. The van der Waals surface area contributed by atoms with Crippen LogP contribution in [0.5, 0.6) is 0 Å². The molecule has 1 aromatic rings. The summed E-state index contributed by atoms with van der Waals surface area (Å²) in [4.78, 5) is 12.1. The summed E-state index contributed by atoms with van der Waals surface area (Å²) in [6, 6.07) is 5.95. The molecule has 0 atom stereocenters. The molecule has 13 heavy (non-hydrogen) atoms. The van der Waals surface area contributed by atoms with E-state index in [0.29, 0.717) is 4.91 Å². The predicted molar refractivity (Wildman–Crippen MR) is 52.1 cm³/mol. The lowest BCUT2D eigenvalue weighted by atomic mass is 10.3. The number of allylic oxidation sites excluding steroid dienone is 1. The van der Waals surface area contributed by atoms with Gasteiger partial charge in [0.25, 0.3) is 0 Å². The summed E-state index contributed by atoms with van der Waals surface area (Å²) in [5.41, 5.74) is 0. The fourth-order valence-electron chi connectivity index (χ4n) is 0.717. The fourth-order valence-corrected chi connectivity index (χ4v) is 1.42. The molecule has 0 saturated heterocycles. The minimum absolute atomic E-state index is 0.0608. The van der Waals surface area contributed by atoms with Crippen molar-refractivity contribution in [3.8, 4) is 0 Å². The molecule has 0 unspecified atom stereocenters. The van der Waals surface area contributed by atoms with Gasteiger partial charge in [-0.25, -0.2) is 4.39 Å². The smallest absolute Gasteiger partial charge is 0.165 e. The third-order valence-corrected chi connectivity index (χ3v) is 2.49. The van der Waals surface area contributed by atoms with E-state index < -0.39 is 0 Å². The summed E-state index contributed by atoms with van der Waals surface area (Å²) < 4.78 is 12.5. The van der Waals surface area contributed by atoms with Crippen LogP contribution in [0, 0.1) is 5.82 Å². The third kappa shape index (κ3) is 3.03. The van der Waals surface area contributed by atoms with Crippen LogP contribution in [0.15, 0.2) is 40.6 Å². The van der Waals surface area contributed by atoms with E-state index in [1.165, 1.54) is 30.8 Å². The number of hydrogen-bond acceptors (Lipinski definition) is 2. The first-order chi connectivity index (χ1) is 6.09. The average Bonchev–Trinajstić information content (AvgIpc) is 2.08. The van der Waals surface area contributed by atoms with Crippen LogP contribution in [0.2, 0.25) is 0 Å². The number of Topliss-reactive ketones (excluding diaryl/α,β-unsaturated/α-hetero) is 1. The highest BCUT2D eigenvalue weighted by Crippen LogP contribution is 2.25. The molecule has 0 N–H and O–H groups in total. The Morgan fingerprint density at radius 2 is 1.92 bits per heavy atom. The Bertz CT molecular complexity index is 329. The third-order valence-electron chi connectivity index (χ3n) is 1.45. The molecule has 0 aliphatic carbocycles. The quantitative estimate of drug-likeness (QED) is 0.546. The number of carbonyl (C=O) groups is 1. The van der Waals surface area contributed by atoms with Crippen molar-refractivity contribution in [2.75, 3.05) is 0 Å². The molecule has 0 spiro atoms. The lowest BCUT2D eigenvalue weighted by molar-refractivity contribution is -0.112. The van der Waals surface area contributed by atoms with E-state index in [-0.39, 0.29) is 11.6 Å². The molecular weight excluding hydrogens is 187 g/mol. The first kappa shape index (κ1) is 9.99. The van der Waals surface area contributed by atoms with E-state index in [1.54, 1.807) is 12.1 Å². The van der Waals surface area contributed by atoms with E-state index in [4.69, 9.17) is 0 Å². The highest BCUT2D eigenvalue weighted by Gasteiger charge is 2.02. The topological polar surface area (TPSA) is 17.1 Å². The van der Waals surface area contributed by atoms with Crippen LogP contribution in [0.1, 0.15) is 6.92 Å². The van der Waals surface area contributed by atoms with Crippen molar-refractivity contribution in [3.05, 3.63) is 41.6 Å². The molecule has 0 aliphatic rings. The normalized spacial score (nSPS) is 9.69. The predicted octanol–water partition coefficient (Wildman–Crippen LogP) is 3.02. The van der Waals surface area contributed by atoms with E-state index >= 15 is 0 Å². The minimum Gasteiger partial charge on any atom is -0.294 e. The molecular formula is C10H9FOS. The Morgan fingerprint density at radius 3 is 2.38 bits per heavy atom. The molecule has 68 valence electrons. The lowest BCUT2D eigenvalue weighted by Crippen LogP contribution is -1.89. The summed E-state index contributed by atoms with van der Waals surface area (Å²) in [5, 5.41) is 0. The van der Waals surface area contributed by atoms with Gasteiger partial charge in [0.2, 0.25) is 0 Å². The zero-order valence-electron chi connectivity index (χ0n) is 7.21. The van der Waals surface area contributed by atoms with Crippen LogP contribution >= 0.6 is 11.8 Å². The van der Waals surface area contributed by atoms with Gasteiger partial charge < -0.3 is 0 Å². The highest BCUT2D eigenvalue weighted by atomic mass is 32.2. The molecule has 0 heterocycles.